The molecule has 0 heterocycles. The summed E-state index contributed by atoms with van der Waals surface area (Å²) >= 11 is 0. The van der Waals surface area contributed by atoms with Crippen LogP contribution in [0.1, 0.15) is 55.9 Å². The summed E-state index contributed by atoms with van der Waals surface area (Å²) in [6.07, 6.45) is 0. The van der Waals surface area contributed by atoms with Crippen molar-refractivity contribution >= 4 is 13.3 Å². The smallest absolute Gasteiger partial charge is 0.0856 e. The van der Waals surface area contributed by atoms with E-state index in [2.05, 4.69) is 101 Å². The Labute approximate surface area is 159 Å². The lowest BCUT2D eigenvalue weighted by atomic mass is 9.71. The van der Waals surface area contributed by atoms with Gasteiger partial charge in [0.2, 0.25) is 0 Å². The number of hydrogen-bond donors (Lipinski definition) is 0. The molecular formula is C25H27B. The molecular weight excluding hydrogens is 311 g/mol. The highest BCUT2D eigenvalue weighted by atomic mass is 14.3. The first-order valence-corrected chi connectivity index (χ1v) is 9.38. The molecule has 0 bridgehead atoms. The van der Waals surface area contributed by atoms with E-state index in [0.29, 0.717) is 5.92 Å². The lowest BCUT2D eigenvalue weighted by Crippen LogP contribution is -2.23. The van der Waals surface area contributed by atoms with E-state index in [1.165, 1.54) is 27.8 Å². The van der Waals surface area contributed by atoms with Crippen molar-refractivity contribution in [2.45, 2.75) is 46.0 Å². The van der Waals surface area contributed by atoms with E-state index in [1.807, 2.05) is 0 Å². The van der Waals surface area contributed by atoms with Crippen molar-refractivity contribution in [2.24, 2.45) is 0 Å². The van der Waals surface area contributed by atoms with Crippen LogP contribution in [-0.4, -0.2) is 7.85 Å². The third-order valence-corrected chi connectivity index (χ3v) is 5.47. The summed E-state index contributed by atoms with van der Waals surface area (Å²) in [5.41, 5.74) is 8.34. The Hall–Kier alpha value is -2.28. The van der Waals surface area contributed by atoms with Crippen molar-refractivity contribution < 1.29 is 0 Å². The van der Waals surface area contributed by atoms with Crippen molar-refractivity contribution in [3.8, 4) is 11.1 Å². The van der Waals surface area contributed by atoms with Gasteiger partial charge < -0.3 is 0 Å². The Morgan fingerprint density at radius 1 is 0.731 bits per heavy atom. The normalized spacial score (nSPS) is 11.8. The van der Waals surface area contributed by atoms with E-state index in [1.54, 1.807) is 0 Å². The molecule has 0 aliphatic heterocycles. The monoisotopic (exact) mass is 338 g/mol. The van der Waals surface area contributed by atoms with E-state index in [-0.39, 0.29) is 5.41 Å². The summed E-state index contributed by atoms with van der Waals surface area (Å²) < 4.78 is 0. The average molecular weight is 338 g/mol. The van der Waals surface area contributed by atoms with Gasteiger partial charge in [-0.15, -0.1) is 0 Å². The van der Waals surface area contributed by atoms with Crippen LogP contribution < -0.4 is 5.46 Å². The van der Waals surface area contributed by atoms with Gasteiger partial charge in [-0.2, -0.15) is 0 Å². The first kappa shape index (κ1) is 18.5. The standard InChI is InChI=1S/C25H27B/c1-17(2)19-13-10-14-21(24(19)26)20-12-7-9-16-23(20)25(4,5)22-15-8-6-11-18(22)3/h6-17H,1-5H3. The Morgan fingerprint density at radius 3 is 1.96 bits per heavy atom. The molecule has 0 aliphatic rings. The van der Waals surface area contributed by atoms with Crippen LogP contribution in [0.4, 0.5) is 0 Å². The molecule has 3 aromatic carbocycles. The fourth-order valence-electron chi connectivity index (χ4n) is 4.00. The molecule has 0 fully saturated rings. The van der Waals surface area contributed by atoms with Gasteiger partial charge in [0.1, 0.15) is 7.85 Å². The van der Waals surface area contributed by atoms with Crippen LogP contribution >= 0.6 is 0 Å². The van der Waals surface area contributed by atoms with E-state index in [9.17, 15) is 0 Å². The van der Waals surface area contributed by atoms with Crippen LogP contribution in [0.15, 0.2) is 66.7 Å². The zero-order valence-corrected chi connectivity index (χ0v) is 16.5. The third-order valence-electron chi connectivity index (χ3n) is 5.47. The fourth-order valence-corrected chi connectivity index (χ4v) is 4.00. The zero-order valence-electron chi connectivity index (χ0n) is 16.5. The highest BCUT2D eigenvalue weighted by Crippen LogP contribution is 2.39. The maximum absolute atomic E-state index is 6.60. The van der Waals surface area contributed by atoms with Gasteiger partial charge in [-0.05, 0) is 40.7 Å². The summed E-state index contributed by atoms with van der Waals surface area (Å²) in [5, 5.41) is 0. The van der Waals surface area contributed by atoms with Crippen LogP contribution in [0, 0.1) is 6.92 Å². The molecule has 0 aliphatic carbocycles. The molecule has 0 nitrogen and oxygen atoms in total. The molecule has 0 atom stereocenters. The molecule has 0 unspecified atom stereocenters. The number of aryl methyl sites for hydroxylation is 1. The SMILES string of the molecule is [B]c1c(-c2ccccc2C(C)(C)c2ccccc2C)cccc1C(C)C. The predicted molar refractivity (Wildman–Crippen MR) is 115 cm³/mol. The molecule has 130 valence electrons. The van der Waals surface area contributed by atoms with Crippen molar-refractivity contribution in [3.05, 3.63) is 89.0 Å². The van der Waals surface area contributed by atoms with Gasteiger partial charge in [0.05, 0.1) is 0 Å². The molecule has 2 radical (unpaired) electrons. The molecule has 3 rings (SSSR count). The largest absolute Gasteiger partial charge is 0.115 e. The minimum atomic E-state index is -0.109. The number of rotatable bonds is 4. The molecule has 0 saturated carbocycles. The first-order valence-electron chi connectivity index (χ1n) is 9.38. The van der Waals surface area contributed by atoms with Gasteiger partial charge in [0.25, 0.3) is 0 Å². The maximum Gasteiger partial charge on any atom is 0.115 e. The Bertz CT molecular complexity index is 919. The summed E-state index contributed by atoms with van der Waals surface area (Å²) in [6.45, 7) is 11.2. The highest BCUT2D eigenvalue weighted by Gasteiger charge is 2.27. The van der Waals surface area contributed by atoms with Crippen molar-refractivity contribution in [1.82, 2.24) is 0 Å². The molecule has 0 N–H and O–H groups in total. The van der Waals surface area contributed by atoms with Gasteiger partial charge in [0.15, 0.2) is 0 Å². The van der Waals surface area contributed by atoms with Gasteiger partial charge in [-0.1, -0.05) is 105 Å². The van der Waals surface area contributed by atoms with E-state index in [0.717, 1.165) is 11.0 Å². The molecule has 3 aromatic rings. The molecule has 0 aromatic heterocycles. The van der Waals surface area contributed by atoms with Crippen LogP contribution in [0.2, 0.25) is 0 Å². The third kappa shape index (κ3) is 3.23. The van der Waals surface area contributed by atoms with Crippen molar-refractivity contribution in [3.63, 3.8) is 0 Å². The highest BCUT2D eigenvalue weighted by molar-refractivity contribution is 6.37. The van der Waals surface area contributed by atoms with Gasteiger partial charge in [-0.3, -0.25) is 0 Å². The molecule has 1 heteroatoms. The summed E-state index contributed by atoms with van der Waals surface area (Å²) in [7, 11) is 6.60. The van der Waals surface area contributed by atoms with Gasteiger partial charge in [0, 0.05) is 5.41 Å². The number of benzene rings is 3. The quantitative estimate of drug-likeness (QED) is 0.519. The van der Waals surface area contributed by atoms with Crippen LogP contribution in [0.3, 0.4) is 0 Å². The zero-order chi connectivity index (χ0) is 18.9. The lowest BCUT2D eigenvalue weighted by molar-refractivity contribution is 0.638. The molecule has 0 saturated heterocycles. The molecule has 0 amide bonds. The maximum atomic E-state index is 6.60. The van der Waals surface area contributed by atoms with E-state index >= 15 is 0 Å². The van der Waals surface area contributed by atoms with Gasteiger partial charge >= 0.3 is 0 Å². The van der Waals surface area contributed by atoms with Crippen molar-refractivity contribution in [2.75, 3.05) is 0 Å². The van der Waals surface area contributed by atoms with Crippen LogP contribution in [0.5, 0.6) is 0 Å². The first-order chi connectivity index (χ1) is 12.3. The van der Waals surface area contributed by atoms with Gasteiger partial charge in [-0.25, -0.2) is 0 Å². The molecule has 0 spiro atoms. The summed E-state index contributed by atoms with van der Waals surface area (Å²) in [5.74, 6) is 0.409. The molecule has 26 heavy (non-hydrogen) atoms. The minimum absolute atomic E-state index is 0.109. The second kappa shape index (κ2) is 7.15. The number of hydrogen-bond acceptors (Lipinski definition) is 0. The lowest BCUT2D eigenvalue weighted by Gasteiger charge is -2.31. The average Bonchev–Trinajstić information content (AvgIpc) is 2.62. The van der Waals surface area contributed by atoms with Crippen LogP contribution in [-0.2, 0) is 5.41 Å². The van der Waals surface area contributed by atoms with E-state index < -0.39 is 0 Å². The Morgan fingerprint density at radius 2 is 1.31 bits per heavy atom. The second-order valence-corrected chi connectivity index (χ2v) is 7.95. The minimum Gasteiger partial charge on any atom is -0.0856 e. The van der Waals surface area contributed by atoms with Crippen LogP contribution in [0.25, 0.3) is 11.1 Å². The second-order valence-electron chi connectivity index (χ2n) is 7.95. The van der Waals surface area contributed by atoms with Crippen molar-refractivity contribution in [1.29, 1.82) is 0 Å². The Kier molecular flexibility index (Phi) is 5.09. The van der Waals surface area contributed by atoms with E-state index in [4.69, 9.17) is 7.85 Å². The predicted octanol–water partition coefficient (Wildman–Crippen LogP) is 5.91. The summed E-state index contributed by atoms with van der Waals surface area (Å²) in [4.78, 5) is 0. The summed E-state index contributed by atoms with van der Waals surface area (Å²) in [6, 6.07) is 23.7. The fraction of sp³-hybridized carbons (Fsp3) is 0.280. The Balaban J connectivity index is 2.23. The topological polar surface area (TPSA) is 0 Å².